The molecule has 0 fully saturated rings. The Morgan fingerprint density at radius 3 is 2.41 bits per heavy atom. The van der Waals surface area contributed by atoms with Gasteiger partial charge < -0.3 is 5.32 Å². The summed E-state index contributed by atoms with van der Waals surface area (Å²) in [4.78, 5) is 13.8. The number of hydrogen-bond acceptors (Lipinski definition) is 4. The molecule has 1 atom stereocenters. The van der Waals surface area contributed by atoms with Crippen LogP contribution in [0.1, 0.15) is 13.3 Å². The summed E-state index contributed by atoms with van der Waals surface area (Å²) in [5.74, 6) is -0.421. The molecule has 0 spiro atoms. The minimum atomic E-state index is -3.75. The fraction of sp³-hybridized carbons (Fsp3) is 0.278. The quantitative estimate of drug-likeness (QED) is 0.614. The number of carbonyl (C=O) groups excluding carboxylic acids is 1. The van der Waals surface area contributed by atoms with Gasteiger partial charge in [-0.2, -0.15) is 0 Å². The Kier molecular flexibility index (Phi) is 7.45. The molecule has 0 bridgehead atoms. The van der Waals surface area contributed by atoms with E-state index < -0.39 is 22.0 Å². The van der Waals surface area contributed by atoms with Crippen LogP contribution in [0.15, 0.2) is 47.4 Å². The Balaban J connectivity index is 2.43. The van der Waals surface area contributed by atoms with Gasteiger partial charge in [0.05, 0.1) is 27.7 Å². The lowest BCUT2D eigenvalue weighted by atomic mass is 10.2. The summed E-state index contributed by atoms with van der Waals surface area (Å²) in [6, 6.07) is 10.9. The number of nitrogens with one attached hydrogen (secondary N) is 1. The first-order chi connectivity index (χ1) is 12.7. The maximum Gasteiger partial charge on any atom is 0.248 e. The van der Waals surface area contributed by atoms with Crippen molar-refractivity contribution in [1.82, 2.24) is 0 Å². The summed E-state index contributed by atoms with van der Waals surface area (Å²) in [7, 11) is -3.75. The Morgan fingerprint density at radius 1 is 1.19 bits per heavy atom. The van der Waals surface area contributed by atoms with Crippen LogP contribution in [-0.4, -0.2) is 32.9 Å². The number of nitrogens with zero attached hydrogens (tertiary/aromatic N) is 1. The molecule has 2 rings (SSSR count). The maximum absolute atomic E-state index is 12.9. The molecule has 0 heterocycles. The molecular weight excluding hydrogens is 427 g/mol. The molecule has 2 aromatic carbocycles. The molecule has 0 aliphatic carbocycles. The third-order valence-corrected chi connectivity index (χ3v) is 6.57. The average Bonchev–Trinajstić information content (AvgIpc) is 2.61. The van der Waals surface area contributed by atoms with Gasteiger partial charge in [-0.1, -0.05) is 42.3 Å². The standard InChI is InChI=1S/C18H20Cl2N2O3S2/c1-4-16(18(23)21-15-7-5-6-8-17(15)26-2)22(27(3,24)25)12-9-10-13(19)14(20)11-12/h5-11,16H,4H2,1-3H3,(H,21,23). The molecule has 0 radical (unpaired) electrons. The van der Waals surface area contributed by atoms with Gasteiger partial charge in [-0.25, -0.2) is 8.42 Å². The third kappa shape index (κ3) is 5.31. The van der Waals surface area contributed by atoms with Crippen LogP contribution in [-0.2, 0) is 14.8 Å². The minimum Gasteiger partial charge on any atom is -0.323 e. The molecule has 0 aliphatic heterocycles. The van der Waals surface area contributed by atoms with E-state index in [1.165, 1.54) is 30.0 Å². The second-order valence-electron chi connectivity index (χ2n) is 5.77. The predicted octanol–water partition coefficient (Wildman–Crippen LogP) is 4.90. The summed E-state index contributed by atoms with van der Waals surface area (Å²) in [5, 5.41) is 3.36. The van der Waals surface area contributed by atoms with Crippen molar-refractivity contribution in [3.63, 3.8) is 0 Å². The average molecular weight is 447 g/mol. The zero-order chi connectivity index (χ0) is 20.2. The van der Waals surface area contributed by atoms with Crippen LogP contribution in [0.25, 0.3) is 0 Å². The van der Waals surface area contributed by atoms with E-state index in [9.17, 15) is 13.2 Å². The molecule has 1 N–H and O–H groups in total. The van der Waals surface area contributed by atoms with Gasteiger partial charge in [0.25, 0.3) is 0 Å². The monoisotopic (exact) mass is 446 g/mol. The zero-order valence-corrected chi connectivity index (χ0v) is 18.2. The van der Waals surface area contributed by atoms with Crippen molar-refractivity contribution in [1.29, 1.82) is 0 Å². The van der Waals surface area contributed by atoms with E-state index >= 15 is 0 Å². The molecular formula is C18H20Cl2N2O3S2. The van der Waals surface area contributed by atoms with E-state index in [-0.39, 0.29) is 17.1 Å². The van der Waals surface area contributed by atoms with Gasteiger partial charge >= 0.3 is 0 Å². The number of halogens is 2. The predicted molar refractivity (Wildman–Crippen MR) is 115 cm³/mol. The number of thioether (sulfide) groups is 1. The highest BCUT2D eigenvalue weighted by molar-refractivity contribution is 7.98. The van der Waals surface area contributed by atoms with Gasteiger partial charge in [-0.3, -0.25) is 9.10 Å². The van der Waals surface area contributed by atoms with Crippen molar-refractivity contribution >= 4 is 62.3 Å². The van der Waals surface area contributed by atoms with Gasteiger partial charge in [0.2, 0.25) is 15.9 Å². The van der Waals surface area contributed by atoms with Crippen molar-refractivity contribution in [2.24, 2.45) is 0 Å². The number of para-hydroxylation sites is 1. The van der Waals surface area contributed by atoms with Gasteiger partial charge in [0.1, 0.15) is 6.04 Å². The lowest BCUT2D eigenvalue weighted by Crippen LogP contribution is -2.47. The van der Waals surface area contributed by atoms with Crippen LogP contribution in [0.5, 0.6) is 0 Å². The topological polar surface area (TPSA) is 66.5 Å². The van der Waals surface area contributed by atoms with E-state index in [0.717, 1.165) is 15.5 Å². The number of anilines is 2. The second-order valence-corrected chi connectivity index (χ2v) is 9.29. The van der Waals surface area contributed by atoms with E-state index in [2.05, 4.69) is 5.32 Å². The molecule has 2 aromatic rings. The van der Waals surface area contributed by atoms with Crippen LogP contribution in [0.2, 0.25) is 10.0 Å². The van der Waals surface area contributed by atoms with Gasteiger partial charge in [0.15, 0.2) is 0 Å². The highest BCUT2D eigenvalue weighted by Gasteiger charge is 2.32. The normalized spacial score (nSPS) is 12.5. The van der Waals surface area contributed by atoms with Crippen molar-refractivity contribution in [3.05, 3.63) is 52.5 Å². The molecule has 1 unspecified atom stereocenters. The first kappa shape index (κ1) is 21.9. The fourth-order valence-electron chi connectivity index (χ4n) is 2.65. The highest BCUT2D eigenvalue weighted by Crippen LogP contribution is 2.31. The number of carbonyl (C=O) groups is 1. The molecule has 5 nitrogen and oxygen atoms in total. The first-order valence-corrected chi connectivity index (χ1v) is 11.9. The number of hydrogen-bond donors (Lipinski definition) is 1. The Bertz CT molecular complexity index is 936. The summed E-state index contributed by atoms with van der Waals surface area (Å²) < 4.78 is 26.0. The van der Waals surface area contributed by atoms with Crippen LogP contribution in [0, 0.1) is 0 Å². The van der Waals surface area contributed by atoms with Crippen LogP contribution in [0.4, 0.5) is 11.4 Å². The van der Waals surface area contributed by atoms with Crippen molar-refractivity contribution in [2.75, 3.05) is 22.1 Å². The Morgan fingerprint density at radius 2 is 1.85 bits per heavy atom. The van der Waals surface area contributed by atoms with Crippen molar-refractivity contribution in [2.45, 2.75) is 24.3 Å². The summed E-state index contributed by atoms with van der Waals surface area (Å²) in [5.41, 5.74) is 0.920. The first-order valence-electron chi connectivity index (χ1n) is 8.07. The molecule has 0 aromatic heterocycles. The largest absolute Gasteiger partial charge is 0.323 e. The zero-order valence-electron chi connectivity index (χ0n) is 15.1. The van der Waals surface area contributed by atoms with E-state index in [1.807, 2.05) is 24.5 Å². The highest BCUT2D eigenvalue weighted by atomic mass is 35.5. The molecule has 9 heteroatoms. The smallest absolute Gasteiger partial charge is 0.248 e. The van der Waals surface area contributed by atoms with E-state index in [0.29, 0.717) is 10.7 Å². The molecule has 27 heavy (non-hydrogen) atoms. The number of benzene rings is 2. The minimum absolute atomic E-state index is 0.214. The third-order valence-electron chi connectivity index (χ3n) is 3.85. The summed E-state index contributed by atoms with van der Waals surface area (Å²) in [6.07, 6.45) is 3.24. The molecule has 0 aliphatic rings. The number of rotatable bonds is 7. The van der Waals surface area contributed by atoms with Crippen LogP contribution in [0.3, 0.4) is 0 Å². The molecule has 0 saturated carbocycles. The lowest BCUT2D eigenvalue weighted by Gasteiger charge is -2.30. The molecule has 1 amide bonds. The van der Waals surface area contributed by atoms with Crippen molar-refractivity contribution in [3.8, 4) is 0 Å². The second kappa shape index (κ2) is 9.19. The molecule has 146 valence electrons. The Labute approximate surface area is 174 Å². The van der Waals surface area contributed by atoms with Crippen LogP contribution < -0.4 is 9.62 Å². The lowest BCUT2D eigenvalue weighted by molar-refractivity contribution is -0.117. The SMILES string of the molecule is CCC(C(=O)Nc1ccccc1SC)N(c1ccc(Cl)c(Cl)c1)S(C)(=O)=O. The summed E-state index contributed by atoms with van der Waals surface area (Å²) in [6.45, 7) is 1.75. The van der Waals surface area contributed by atoms with Gasteiger partial charge in [0, 0.05) is 4.90 Å². The van der Waals surface area contributed by atoms with E-state index in [1.54, 1.807) is 13.0 Å². The molecule has 0 saturated heterocycles. The number of sulfonamides is 1. The maximum atomic E-state index is 12.9. The van der Waals surface area contributed by atoms with Crippen molar-refractivity contribution < 1.29 is 13.2 Å². The number of amides is 1. The fourth-order valence-corrected chi connectivity index (χ4v) is 4.70. The van der Waals surface area contributed by atoms with Gasteiger partial charge in [-0.05, 0) is 43.0 Å². The van der Waals surface area contributed by atoms with Gasteiger partial charge in [-0.15, -0.1) is 11.8 Å². The summed E-state index contributed by atoms with van der Waals surface area (Å²) >= 11 is 13.5. The Hall–Kier alpha value is -1.41. The van der Waals surface area contributed by atoms with E-state index in [4.69, 9.17) is 23.2 Å². The van der Waals surface area contributed by atoms with Crippen LogP contribution >= 0.6 is 35.0 Å².